The Morgan fingerprint density at radius 1 is 1.08 bits per heavy atom. The maximum Gasteiger partial charge on any atom is 0.191 e. The molecule has 1 aromatic heterocycles. The standard InChI is InChI=1S/C18H15Cl2N3O2S/c1-23-17(12-4-2-3-5-13(12)19)21-22-18(23)26-10-11-8-14(20)16-15(9-11)24-6-7-25-16/h2-5,8-9H,6-7,10H2,1H3. The predicted octanol–water partition coefficient (Wildman–Crippen LogP) is 4.85. The van der Waals surface area contributed by atoms with Crippen molar-refractivity contribution in [3.63, 3.8) is 0 Å². The number of aromatic nitrogens is 3. The zero-order chi connectivity index (χ0) is 18.1. The predicted molar refractivity (Wildman–Crippen MR) is 103 cm³/mol. The van der Waals surface area contributed by atoms with Crippen molar-refractivity contribution in [1.29, 1.82) is 0 Å². The van der Waals surface area contributed by atoms with Crippen molar-refractivity contribution in [1.82, 2.24) is 14.8 Å². The fourth-order valence-electron chi connectivity index (χ4n) is 2.71. The molecule has 0 aliphatic carbocycles. The van der Waals surface area contributed by atoms with Crippen LogP contribution in [0.1, 0.15) is 5.56 Å². The average Bonchev–Trinajstić information content (AvgIpc) is 3.01. The van der Waals surface area contributed by atoms with Gasteiger partial charge < -0.3 is 14.0 Å². The lowest BCUT2D eigenvalue weighted by molar-refractivity contribution is 0.171. The van der Waals surface area contributed by atoms with Gasteiger partial charge in [-0.3, -0.25) is 0 Å². The van der Waals surface area contributed by atoms with Crippen LogP contribution in [0.25, 0.3) is 11.4 Å². The van der Waals surface area contributed by atoms with Crippen LogP contribution in [0.15, 0.2) is 41.6 Å². The molecule has 4 rings (SSSR count). The van der Waals surface area contributed by atoms with Crippen LogP contribution in [0, 0.1) is 0 Å². The van der Waals surface area contributed by atoms with E-state index in [0.717, 1.165) is 22.1 Å². The number of hydrogen-bond donors (Lipinski definition) is 0. The normalized spacial score (nSPS) is 13.0. The van der Waals surface area contributed by atoms with Crippen molar-refractivity contribution in [3.05, 3.63) is 52.0 Å². The Kier molecular flexibility index (Phi) is 4.98. The maximum atomic E-state index is 6.30. The second kappa shape index (κ2) is 7.39. The van der Waals surface area contributed by atoms with E-state index in [-0.39, 0.29) is 0 Å². The van der Waals surface area contributed by atoms with Gasteiger partial charge in [0.05, 0.1) is 10.0 Å². The lowest BCUT2D eigenvalue weighted by atomic mass is 10.2. The molecule has 5 nitrogen and oxygen atoms in total. The molecule has 0 N–H and O–H groups in total. The van der Waals surface area contributed by atoms with Gasteiger partial charge in [-0.15, -0.1) is 10.2 Å². The number of fused-ring (bicyclic) bond motifs is 1. The summed E-state index contributed by atoms with van der Waals surface area (Å²) in [6, 6.07) is 11.5. The molecule has 0 atom stereocenters. The third-order valence-corrected chi connectivity index (χ3v) is 5.68. The van der Waals surface area contributed by atoms with Gasteiger partial charge in [0.2, 0.25) is 0 Å². The SMILES string of the molecule is Cn1c(SCc2cc(Cl)c3c(c2)OCCO3)nnc1-c1ccccc1Cl. The van der Waals surface area contributed by atoms with Crippen LogP contribution in [0.3, 0.4) is 0 Å². The number of halogens is 2. The minimum absolute atomic E-state index is 0.518. The first-order valence-corrected chi connectivity index (χ1v) is 9.73. The van der Waals surface area contributed by atoms with Crippen LogP contribution in [-0.4, -0.2) is 28.0 Å². The Morgan fingerprint density at radius 2 is 1.88 bits per heavy atom. The lowest BCUT2D eigenvalue weighted by Gasteiger charge is -2.20. The van der Waals surface area contributed by atoms with Gasteiger partial charge in [-0.2, -0.15) is 0 Å². The van der Waals surface area contributed by atoms with E-state index in [9.17, 15) is 0 Å². The molecule has 26 heavy (non-hydrogen) atoms. The Morgan fingerprint density at radius 3 is 2.73 bits per heavy atom. The summed E-state index contributed by atoms with van der Waals surface area (Å²) in [4.78, 5) is 0. The van der Waals surface area contributed by atoms with Crippen molar-refractivity contribution in [2.45, 2.75) is 10.9 Å². The first-order valence-electron chi connectivity index (χ1n) is 7.98. The fourth-order valence-corrected chi connectivity index (χ4v) is 4.06. The van der Waals surface area contributed by atoms with Crippen molar-refractivity contribution in [3.8, 4) is 22.9 Å². The zero-order valence-corrected chi connectivity index (χ0v) is 16.2. The molecule has 2 aromatic carbocycles. The summed E-state index contributed by atoms with van der Waals surface area (Å²) in [5.74, 6) is 2.73. The number of ether oxygens (including phenoxy) is 2. The van der Waals surface area contributed by atoms with E-state index in [4.69, 9.17) is 32.7 Å². The molecule has 1 aliphatic rings. The Bertz CT molecular complexity index is 962. The van der Waals surface area contributed by atoms with E-state index in [1.165, 1.54) is 0 Å². The second-order valence-electron chi connectivity index (χ2n) is 5.74. The molecule has 0 bridgehead atoms. The Labute approximate surface area is 165 Å². The number of nitrogens with zero attached hydrogens (tertiary/aromatic N) is 3. The van der Waals surface area contributed by atoms with E-state index in [1.54, 1.807) is 11.8 Å². The lowest BCUT2D eigenvalue weighted by Crippen LogP contribution is -2.15. The van der Waals surface area contributed by atoms with Gasteiger partial charge >= 0.3 is 0 Å². The van der Waals surface area contributed by atoms with Gasteiger partial charge in [0, 0.05) is 18.4 Å². The molecule has 134 valence electrons. The van der Waals surface area contributed by atoms with Crippen LogP contribution in [-0.2, 0) is 12.8 Å². The summed E-state index contributed by atoms with van der Waals surface area (Å²) in [5.41, 5.74) is 1.89. The van der Waals surface area contributed by atoms with E-state index in [0.29, 0.717) is 40.5 Å². The molecular formula is C18H15Cl2N3O2S. The number of thioether (sulfide) groups is 1. The quantitative estimate of drug-likeness (QED) is 0.578. The Balaban J connectivity index is 1.54. The third-order valence-electron chi connectivity index (χ3n) is 3.97. The maximum absolute atomic E-state index is 6.30. The first kappa shape index (κ1) is 17.5. The average molecular weight is 408 g/mol. The summed E-state index contributed by atoms with van der Waals surface area (Å²) in [7, 11) is 1.93. The van der Waals surface area contributed by atoms with Crippen LogP contribution < -0.4 is 9.47 Å². The highest BCUT2D eigenvalue weighted by molar-refractivity contribution is 7.98. The number of rotatable bonds is 4. The molecule has 0 saturated heterocycles. The Hall–Kier alpha value is -1.89. The van der Waals surface area contributed by atoms with E-state index in [1.807, 2.05) is 48.0 Å². The van der Waals surface area contributed by atoms with E-state index in [2.05, 4.69) is 10.2 Å². The summed E-state index contributed by atoms with van der Waals surface area (Å²) in [6.45, 7) is 1.05. The minimum Gasteiger partial charge on any atom is -0.486 e. The van der Waals surface area contributed by atoms with Gasteiger partial charge in [0.15, 0.2) is 22.5 Å². The fraction of sp³-hybridized carbons (Fsp3) is 0.222. The molecular weight excluding hydrogens is 393 g/mol. The van der Waals surface area contributed by atoms with Crippen molar-refractivity contribution >= 4 is 35.0 Å². The summed E-state index contributed by atoms with van der Waals surface area (Å²) in [5, 5.41) is 10.6. The molecule has 8 heteroatoms. The first-order chi connectivity index (χ1) is 12.6. The van der Waals surface area contributed by atoms with Crippen LogP contribution >= 0.6 is 35.0 Å². The van der Waals surface area contributed by atoms with Crippen molar-refractivity contribution < 1.29 is 9.47 Å². The van der Waals surface area contributed by atoms with Gasteiger partial charge in [-0.1, -0.05) is 47.1 Å². The van der Waals surface area contributed by atoms with Crippen LogP contribution in [0.2, 0.25) is 10.0 Å². The van der Waals surface area contributed by atoms with Gasteiger partial charge in [-0.25, -0.2) is 0 Å². The highest BCUT2D eigenvalue weighted by Gasteiger charge is 2.18. The monoisotopic (exact) mass is 407 g/mol. The van der Waals surface area contributed by atoms with Crippen molar-refractivity contribution in [2.24, 2.45) is 7.05 Å². The number of hydrogen-bond acceptors (Lipinski definition) is 5. The van der Waals surface area contributed by atoms with Gasteiger partial charge in [0.25, 0.3) is 0 Å². The van der Waals surface area contributed by atoms with Crippen LogP contribution in [0.5, 0.6) is 11.5 Å². The summed E-state index contributed by atoms with van der Waals surface area (Å²) >= 11 is 14.1. The second-order valence-corrected chi connectivity index (χ2v) is 7.49. The van der Waals surface area contributed by atoms with E-state index >= 15 is 0 Å². The molecule has 0 spiro atoms. The van der Waals surface area contributed by atoms with Gasteiger partial charge in [-0.05, 0) is 29.8 Å². The van der Waals surface area contributed by atoms with Crippen LogP contribution in [0.4, 0.5) is 0 Å². The molecule has 1 aliphatic heterocycles. The molecule has 2 heterocycles. The minimum atomic E-state index is 0.518. The number of benzene rings is 2. The topological polar surface area (TPSA) is 49.2 Å². The highest BCUT2D eigenvalue weighted by Crippen LogP contribution is 2.39. The van der Waals surface area contributed by atoms with E-state index < -0.39 is 0 Å². The van der Waals surface area contributed by atoms with Crippen molar-refractivity contribution in [2.75, 3.05) is 13.2 Å². The summed E-state index contributed by atoms with van der Waals surface area (Å²) < 4.78 is 13.1. The molecule has 0 fully saturated rings. The zero-order valence-electron chi connectivity index (χ0n) is 13.9. The molecule has 0 amide bonds. The molecule has 0 unspecified atom stereocenters. The third kappa shape index (κ3) is 3.37. The van der Waals surface area contributed by atoms with Gasteiger partial charge in [0.1, 0.15) is 13.2 Å². The highest BCUT2D eigenvalue weighted by atomic mass is 35.5. The molecule has 3 aromatic rings. The largest absolute Gasteiger partial charge is 0.486 e. The summed E-state index contributed by atoms with van der Waals surface area (Å²) in [6.07, 6.45) is 0. The molecule has 0 saturated carbocycles. The molecule has 0 radical (unpaired) electrons. The smallest absolute Gasteiger partial charge is 0.191 e.